The summed E-state index contributed by atoms with van der Waals surface area (Å²) in [6.45, 7) is 4.25. The zero-order valence-corrected chi connectivity index (χ0v) is 19.8. The lowest BCUT2D eigenvalue weighted by molar-refractivity contribution is -0.276. The second-order valence-corrected chi connectivity index (χ2v) is 9.01. The molecule has 1 saturated heterocycles. The van der Waals surface area contributed by atoms with Crippen LogP contribution in [0.3, 0.4) is 0 Å². The van der Waals surface area contributed by atoms with Crippen LogP contribution in [0, 0.1) is 5.92 Å². The molecule has 1 aliphatic rings. The van der Waals surface area contributed by atoms with Gasteiger partial charge in [0, 0.05) is 24.1 Å². The minimum Gasteiger partial charge on any atom is -0.392 e. The fourth-order valence-corrected chi connectivity index (χ4v) is 4.64. The van der Waals surface area contributed by atoms with Gasteiger partial charge in [0.25, 0.3) is 0 Å². The number of aliphatic hydroxyl groups excluding tert-OH is 1. The van der Waals surface area contributed by atoms with Gasteiger partial charge >= 0.3 is 0 Å². The monoisotopic (exact) mass is 471 g/mol. The zero-order chi connectivity index (χ0) is 24.4. The van der Waals surface area contributed by atoms with Gasteiger partial charge in [0.15, 0.2) is 6.29 Å². The molecule has 3 aromatic carbocycles. The van der Waals surface area contributed by atoms with Gasteiger partial charge in [0.2, 0.25) is 5.91 Å². The molecule has 4 aromatic rings. The third kappa shape index (κ3) is 4.98. The number of aromatic nitrogens is 2. The van der Waals surface area contributed by atoms with Crippen molar-refractivity contribution in [3.63, 3.8) is 0 Å². The number of carbonyl (C=O) groups excluding carboxylic acids is 1. The lowest BCUT2D eigenvalue weighted by Gasteiger charge is -2.41. The number of hydrogen-bond donors (Lipinski definition) is 2. The smallest absolute Gasteiger partial charge is 0.221 e. The van der Waals surface area contributed by atoms with Crippen LogP contribution < -0.4 is 5.32 Å². The fourth-order valence-electron chi connectivity index (χ4n) is 4.64. The second kappa shape index (κ2) is 10.00. The standard InChI is InChI=1S/C28H29N3O4/c1-18-26(15-31-17-29-24-8-3-4-9-25(24)31)34-28(22-6-5-7-23(14-22)30-19(2)33)35-27(18)21-12-10-20(16-32)11-13-21/h3-14,17-18,26-28,32H,15-16H2,1-2H3,(H,30,33). The van der Waals surface area contributed by atoms with E-state index in [-0.39, 0.29) is 30.6 Å². The second-order valence-electron chi connectivity index (χ2n) is 9.01. The molecule has 1 fully saturated rings. The van der Waals surface area contributed by atoms with Crippen LogP contribution in [0.4, 0.5) is 5.69 Å². The molecule has 7 nitrogen and oxygen atoms in total. The number of carbonyl (C=O) groups is 1. The summed E-state index contributed by atoms with van der Waals surface area (Å²) in [6, 6.07) is 23.5. The quantitative estimate of drug-likeness (QED) is 0.414. The zero-order valence-electron chi connectivity index (χ0n) is 19.8. The molecule has 1 aromatic heterocycles. The summed E-state index contributed by atoms with van der Waals surface area (Å²) in [5.41, 5.74) is 5.42. The number of fused-ring (bicyclic) bond motifs is 1. The van der Waals surface area contributed by atoms with Crippen molar-refractivity contribution in [3.05, 3.63) is 95.8 Å². The van der Waals surface area contributed by atoms with Crippen molar-refractivity contribution in [2.24, 2.45) is 5.92 Å². The normalized spacial score (nSPS) is 22.3. The number of rotatable bonds is 6. The van der Waals surface area contributed by atoms with Gasteiger partial charge in [-0.1, -0.05) is 55.5 Å². The van der Waals surface area contributed by atoms with Gasteiger partial charge in [-0.3, -0.25) is 4.79 Å². The molecule has 180 valence electrons. The van der Waals surface area contributed by atoms with Crippen LogP contribution in [0.2, 0.25) is 0 Å². The van der Waals surface area contributed by atoms with Crippen LogP contribution in [0.5, 0.6) is 0 Å². The Bertz CT molecular complexity index is 1320. The molecule has 1 amide bonds. The molecule has 5 rings (SSSR count). The van der Waals surface area contributed by atoms with E-state index in [1.807, 2.05) is 73.1 Å². The van der Waals surface area contributed by atoms with Gasteiger partial charge in [0.05, 0.1) is 42.7 Å². The molecule has 4 unspecified atom stereocenters. The first-order valence-electron chi connectivity index (χ1n) is 11.8. The Balaban J connectivity index is 1.48. The molecule has 35 heavy (non-hydrogen) atoms. The van der Waals surface area contributed by atoms with Crippen molar-refractivity contribution in [2.45, 2.75) is 45.5 Å². The third-order valence-corrected chi connectivity index (χ3v) is 6.51. The summed E-state index contributed by atoms with van der Waals surface area (Å²) in [5, 5.41) is 12.3. The van der Waals surface area contributed by atoms with Crippen molar-refractivity contribution >= 4 is 22.6 Å². The first-order chi connectivity index (χ1) is 17.0. The van der Waals surface area contributed by atoms with Crippen molar-refractivity contribution in [3.8, 4) is 0 Å². The molecule has 0 aliphatic carbocycles. The molecule has 0 bridgehead atoms. The molecule has 1 aliphatic heterocycles. The Morgan fingerprint density at radius 3 is 2.60 bits per heavy atom. The van der Waals surface area contributed by atoms with E-state index in [0.717, 1.165) is 27.7 Å². The maximum absolute atomic E-state index is 11.6. The number of imidazole rings is 1. The van der Waals surface area contributed by atoms with E-state index in [2.05, 4.69) is 27.9 Å². The highest BCUT2D eigenvalue weighted by Gasteiger charge is 2.38. The molecule has 2 heterocycles. The van der Waals surface area contributed by atoms with Gasteiger partial charge < -0.3 is 24.5 Å². The number of ether oxygens (including phenoxy) is 2. The van der Waals surface area contributed by atoms with E-state index in [0.29, 0.717) is 12.2 Å². The van der Waals surface area contributed by atoms with Crippen molar-refractivity contribution < 1.29 is 19.4 Å². The summed E-state index contributed by atoms with van der Waals surface area (Å²) < 4.78 is 15.2. The number of anilines is 1. The number of hydrogen-bond acceptors (Lipinski definition) is 5. The Labute approximate surface area is 204 Å². The van der Waals surface area contributed by atoms with Crippen LogP contribution in [-0.4, -0.2) is 26.7 Å². The molecule has 2 N–H and O–H groups in total. The first-order valence-corrected chi connectivity index (χ1v) is 11.8. The molecule has 0 saturated carbocycles. The summed E-state index contributed by atoms with van der Waals surface area (Å²) in [7, 11) is 0. The molecular weight excluding hydrogens is 442 g/mol. The van der Waals surface area contributed by atoms with E-state index in [1.54, 1.807) is 0 Å². The molecule has 4 atom stereocenters. The van der Waals surface area contributed by atoms with Gasteiger partial charge in [0.1, 0.15) is 0 Å². The first kappa shape index (κ1) is 23.2. The summed E-state index contributed by atoms with van der Waals surface area (Å²) in [5.74, 6) is -0.0844. The van der Waals surface area contributed by atoms with Crippen molar-refractivity contribution in [1.29, 1.82) is 0 Å². The highest BCUT2D eigenvalue weighted by Crippen LogP contribution is 2.42. The number of para-hydroxylation sites is 2. The highest BCUT2D eigenvalue weighted by molar-refractivity contribution is 5.88. The van der Waals surface area contributed by atoms with Crippen LogP contribution in [0.25, 0.3) is 11.0 Å². The highest BCUT2D eigenvalue weighted by atomic mass is 16.7. The van der Waals surface area contributed by atoms with E-state index < -0.39 is 6.29 Å². The van der Waals surface area contributed by atoms with Crippen LogP contribution >= 0.6 is 0 Å². The minimum absolute atomic E-state index is 0.000632. The predicted octanol–water partition coefficient (Wildman–Crippen LogP) is 4.98. The van der Waals surface area contributed by atoms with E-state index in [1.165, 1.54) is 6.92 Å². The van der Waals surface area contributed by atoms with Crippen LogP contribution in [0.15, 0.2) is 79.1 Å². The van der Waals surface area contributed by atoms with Crippen LogP contribution in [0.1, 0.15) is 42.9 Å². The number of aliphatic hydroxyl groups is 1. The van der Waals surface area contributed by atoms with E-state index in [4.69, 9.17) is 9.47 Å². The Morgan fingerprint density at radius 1 is 1.03 bits per heavy atom. The van der Waals surface area contributed by atoms with Crippen molar-refractivity contribution in [2.75, 3.05) is 5.32 Å². The van der Waals surface area contributed by atoms with Gasteiger partial charge in [-0.25, -0.2) is 4.98 Å². The number of benzene rings is 3. The maximum Gasteiger partial charge on any atom is 0.221 e. The molecule has 0 spiro atoms. The summed E-state index contributed by atoms with van der Waals surface area (Å²) >= 11 is 0. The minimum atomic E-state index is -0.609. The number of nitrogens with zero attached hydrogens (tertiary/aromatic N) is 2. The molecular formula is C28H29N3O4. The topological polar surface area (TPSA) is 85.6 Å². The average molecular weight is 472 g/mol. The third-order valence-electron chi connectivity index (χ3n) is 6.51. The van der Waals surface area contributed by atoms with Gasteiger partial charge in [-0.15, -0.1) is 0 Å². The summed E-state index contributed by atoms with van der Waals surface area (Å²) in [6.07, 6.45) is 0.874. The Kier molecular flexibility index (Phi) is 6.63. The molecule has 7 heteroatoms. The van der Waals surface area contributed by atoms with Gasteiger partial charge in [-0.05, 0) is 35.4 Å². The van der Waals surface area contributed by atoms with Crippen LogP contribution in [-0.2, 0) is 27.4 Å². The number of amides is 1. The Hall–Kier alpha value is -3.52. The van der Waals surface area contributed by atoms with E-state index in [9.17, 15) is 9.90 Å². The average Bonchev–Trinajstić information content (AvgIpc) is 3.28. The summed E-state index contributed by atoms with van der Waals surface area (Å²) in [4.78, 5) is 16.1. The molecule has 0 radical (unpaired) electrons. The number of nitrogens with one attached hydrogen (secondary N) is 1. The Morgan fingerprint density at radius 2 is 1.83 bits per heavy atom. The largest absolute Gasteiger partial charge is 0.392 e. The van der Waals surface area contributed by atoms with Crippen molar-refractivity contribution in [1.82, 2.24) is 9.55 Å². The van der Waals surface area contributed by atoms with Gasteiger partial charge in [-0.2, -0.15) is 0 Å². The lowest BCUT2D eigenvalue weighted by atomic mass is 9.90. The van der Waals surface area contributed by atoms with E-state index >= 15 is 0 Å². The SMILES string of the molecule is CC(=O)Nc1cccc(C2OC(Cn3cnc4ccccc43)C(C)C(c3ccc(CO)cc3)O2)c1. The lowest BCUT2D eigenvalue weighted by Crippen LogP contribution is -2.39. The predicted molar refractivity (Wildman–Crippen MR) is 133 cm³/mol. The maximum atomic E-state index is 11.6. The fraction of sp³-hybridized carbons (Fsp3) is 0.286.